The van der Waals surface area contributed by atoms with E-state index in [1.165, 1.54) is 42.7 Å². The number of likely N-dealkylation sites (tertiary alicyclic amines) is 1. The van der Waals surface area contributed by atoms with E-state index in [-0.39, 0.29) is 0 Å². The summed E-state index contributed by atoms with van der Waals surface area (Å²) >= 11 is 3.51. The van der Waals surface area contributed by atoms with Gasteiger partial charge in [0.05, 0.1) is 10.2 Å². The minimum Gasteiger partial charge on any atom is -0.381 e. The number of thiazole rings is 1. The Morgan fingerprint density at radius 2 is 2.25 bits per heavy atom. The van der Waals surface area contributed by atoms with Gasteiger partial charge in [0.2, 0.25) is 0 Å². The first-order valence-corrected chi connectivity index (χ1v) is 9.31. The van der Waals surface area contributed by atoms with Crippen molar-refractivity contribution in [2.75, 3.05) is 24.7 Å². The minimum absolute atomic E-state index is 0.612. The average molecular weight is 305 g/mol. The molecule has 2 fully saturated rings. The molecule has 0 radical (unpaired) electrons. The zero-order valence-electron chi connectivity index (χ0n) is 11.6. The van der Waals surface area contributed by atoms with Crippen LogP contribution in [0.25, 0.3) is 10.2 Å². The number of anilines is 1. The van der Waals surface area contributed by atoms with Gasteiger partial charge in [0, 0.05) is 30.9 Å². The Morgan fingerprint density at radius 3 is 3.05 bits per heavy atom. The van der Waals surface area contributed by atoms with Crippen molar-refractivity contribution in [2.45, 2.75) is 35.7 Å². The van der Waals surface area contributed by atoms with Gasteiger partial charge in [-0.1, -0.05) is 11.8 Å². The van der Waals surface area contributed by atoms with Crippen LogP contribution in [-0.2, 0) is 0 Å². The topological polar surface area (TPSA) is 28.2 Å². The van der Waals surface area contributed by atoms with E-state index in [0.717, 1.165) is 15.9 Å². The van der Waals surface area contributed by atoms with E-state index in [0.29, 0.717) is 6.04 Å². The number of thioether (sulfide) groups is 1. The van der Waals surface area contributed by atoms with Crippen molar-refractivity contribution in [3.8, 4) is 0 Å². The fraction of sp³-hybridized carbons (Fsp3) is 0.533. The lowest BCUT2D eigenvalue weighted by molar-refractivity contribution is 0.326. The lowest BCUT2D eigenvalue weighted by atomic mass is 10.2. The highest BCUT2D eigenvalue weighted by Gasteiger charge is 2.34. The van der Waals surface area contributed by atoms with Gasteiger partial charge in [-0.05, 0) is 43.7 Å². The third-order valence-electron chi connectivity index (χ3n) is 4.20. The van der Waals surface area contributed by atoms with Crippen molar-refractivity contribution in [2.24, 2.45) is 0 Å². The molecule has 106 valence electrons. The molecule has 2 heterocycles. The highest BCUT2D eigenvalue weighted by Crippen LogP contribution is 2.32. The number of hydrogen-bond donors (Lipinski definition) is 1. The molecule has 1 saturated carbocycles. The van der Waals surface area contributed by atoms with E-state index in [1.54, 1.807) is 23.1 Å². The first kappa shape index (κ1) is 12.9. The highest BCUT2D eigenvalue weighted by molar-refractivity contribution is 8.00. The van der Waals surface area contributed by atoms with Gasteiger partial charge in [0.1, 0.15) is 0 Å². The van der Waals surface area contributed by atoms with Crippen molar-refractivity contribution >= 4 is 39.0 Å². The third-order valence-corrected chi connectivity index (χ3v) is 6.20. The normalized spacial score (nSPS) is 23.6. The lowest BCUT2D eigenvalue weighted by Crippen LogP contribution is -2.27. The standard InChI is InChI=1S/C15H19N3S2/c1-19-15-17-13-5-2-10(8-14(13)20-15)16-11-6-7-18(9-11)12-3-4-12/h2,5,8,11-12,16H,3-4,6-7,9H2,1H3. The number of nitrogens with zero attached hydrogens (tertiary/aromatic N) is 2. The van der Waals surface area contributed by atoms with E-state index in [4.69, 9.17) is 0 Å². The molecule has 4 rings (SSSR count). The molecule has 1 aromatic carbocycles. The van der Waals surface area contributed by atoms with Crippen LogP contribution in [0.5, 0.6) is 0 Å². The predicted molar refractivity (Wildman–Crippen MR) is 88.0 cm³/mol. The first-order valence-electron chi connectivity index (χ1n) is 7.27. The zero-order chi connectivity index (χ0) is 13.5. The van der Waals surface area contributed by atoms with Crippen LogP contribution in [0.2, 0.25) is 0 Å². The summed E-state index contributed by atoms with van der Waals surface area (Å²) in [6.45, 7) is 2.48. The Labute approximate surface area is 127 Å². The van der Waals surface area contributed by atoms with Crippen LogP contribution in [0.1, 0.15) is 19.3 Å². The maximum atomic E-state index is 4.59. The molecule has 0 spiro atoms. The molecule has 1 aliphatic heterocycles. The molecule has 5 heteroatoms. The number of fused-ring (bicyclic) bond motifs is 1. The van der Waals surface area contributed by atoms with E-state index in [9.17, 15) is 0 Å². The van der Waals surface area contributed by atoms with Crippen LogP contribution >= 0.6 is 23.1 Å². The third kappa shape index (κ3) is 2.54. The molecule has 1 N–H and O–H groups in total. The summed E-state index contributed by atoms with van der Waals surface area (Å²) in [7, 11) is 0. The summed E-state index contributed by atoms with van der Waals surface area (Å²) < 4.78 is 2.44. The van der Waals surface area contributed by atoms with Gasteiger partial charge in [-0.15, -0.1) is 11.3 Å². The summed E-state index contributed by atoms with van der Waals surface area (Å²) in [6, 6.07) is 8.08. The summed E-state index contributed by atoms with van der Waals surface area (Å²) in [5, 5.41) is 3.70. The fourth-order valence-corrected chi connectivity index (χ4v) is 4.52. The van der Waals surface area contributed by atoms with Crippen LogP contribution in [-0.4, -0.2) is 41.3 Å². The molecule has 2 aliphatic rings. The molecule has 1 saturated heterocycles. The second kappa shape index (κ2) is 5.20. The van der Waals surface area contributed by atoms with Crippen molar-refractivity contribution in [1.82, 2.24) is 9.88 Å². The molecular weight excluding hydrogens is 286 g/mol. The molecule has 0 bridgehead atoms. The molecule has 1 aliphatic carbocycles. The summed E-state index contributed by atoms with van der Waals surface area (Å²) in [5.41, 5.74) is 2.37. The van der Waals surface area contributed by atoms with Crippen LogP contribution in [0, 0.1) is 0 Å². The highest BCUT2D eigenvalue weighted by atomic mass is 32.2. The van der Waals surface area contributed by atoms with Crippen LogP contribution in [0.3, 0.4) is 0 Å². The molecule has 1 aromatic heterocycles. The summed E-state index contributed by atoms with van der Waals surface area (Å²) in [5.74, 6) is 0. The summed E-state index contributed by atoms with van der Waals surface area (Å²) in [4.78, 5) is 7.24. The number of rotatable bonds is 4. The van der Waals surface area contributed by atoms with Crippen molar-refractivity contribution in [3.05, 3.63) is 18.2 Å². The zero-order valence-corrected chi connectivity index (χ0v) is 13.3. The van der Waals surface area contributed by atoms with Gasteiger partial charge in [-0.25, -0.2) is 4.98 Å². The predicted octanol–water partition coefficient (Wildman–Crippen LogP) is 3.67. The van der Waals surface area contributed by atoms with Gasteiger partial charge in [-0.3, -0.25) is 4.90 Å². The Morgan fingerprint density at radius 1 is 1.35 bits per heavy atom. The maximum Gasteiger partial charge on any atom is 0.150 e. The maximum absolute atomic E-state index is 4.59. The Kier molecular flexibility index (Phi) is 3.36. The van der Waals surface area contributed by atoms with Crippen molar-refractivity contribution in [3.63, 3.8) is 0 Å². The fourth-order valence-electron chi connectivity index (χ4n) is 2.99. The van der Waals surface area contributed by atoms with E-state index in [1.807, 2.05) is 0 Å². The van der Waals surface area contributed by atoms with Crippen LogP contribution in [0.15, 0.2) is 22.5 Å². The summed E-state index contributed by atoms with van der Waals surface area (Å²) in [6.07, 6.45) is 6.18. The van der Waals surface area contributed by atoms with E-state index >= 15 is 0 Å². The van der Waals surface area contributed by atoms with Gasteiger partial charge < -0.3 is 5.32 Å². The van der Waals surface area contributed by atoms with Crippen LogP contribution < -0.4 is 5.32 Å². The van der Waals surface area contributed by atoms with Crippen molar-refractivity contribution < 1.29 is 0 Å². The number of nitrogens with one attached hydrogen (secondary N) is 1. The van der Waals surface area contributed by atoms with E-state index in [2.05, 4.69) is 39.7 Å². The van der Waals surface area contributed by atoms with Gasteiger partial charge in [0.15, 0.2) is 4.34 Å². The Bertz CT molecular complexity index is 621. The number of benzene rings is 1. The molecule has 1 atom stereocenters. The SMILES string of the molecule is CSc1nc2ccc(NC3CCN(C4CC4)C3)cc2s1. The lowest BCUT2D eigenvalue weighted by Gasteiger charge is -2.16. The average Bonchev–Trinajstić information content (AvgIpc) is 3.07. The largest absolute Gasteiger partial charge is 0.381 e. The van der Waals surface area contributed by atoms with Gasteiger partial charge >= 0.3 is 0 Å². The van der Waals surface area contributed by atoms with Gasteiger partial charge in [0.25, 0.3) is 0 Å². The van der Waals surface area contributed by atoms with Crippen LogP contribution in [0.4, 0.5) is 5.69 Å². The molecule has 1 unspecified atom stereocenters. The monoisotopic (exact) mass is 305 g/mol. The molecule has 2 aromatic rings. The Hall–Kier alpha value is -0.780. The number of hydrogen-bond acceptors (Lipinski definition) is 5. The molecular formula is C15H19N3S2. The second-order valence-electron chi connectivity index (χ2n) is 5.72. The van der Waals surface area contributed by atoms with Crippen molar-refractivity contribution in [1.29, 1.82) is 0 Å². The molecule has 0 amide bonds. The number of aromatic nitrogens is 1. The quantitative estimate of drug-likeness (QED) is 0.873. The molecule has 20 heavy (non-hydrogen) atoms. The first-order chi connectivity index (χ1) is 9.81. The molecule has 3 nitrogen and oxygen atoms in total. The Balaban J connectivity index is 1.48. The second-order valence-corrected chi connectivity index (χ2v) is 7.81. The van der Waals surface area contributed by atoms with Gasteiger partial charge in [-0.2, -0.15) is 0 Å². The van der Waals surface area contributed by atoms with E-state index < -0.39 is 0 Å². The minimum atomic E-state index is 0.612. The smallest absolute Gasteiger partial charge is 0.150 e.